The lowest BCUT2D eigenvalue weighted by Gasteiger charge is -2.00. The SMILES string of the molecule is CCOC(=O)NBNC. The minimum Gasteiger partial charge on any atom is -0.451 e. The molecule has 0 fully saturated rings. The van der Waals surface area contributed by atoms with Crippen LogP contribution in [0.25, 0.3) is 0 Å². The lowest BCUT2D eigenvalue weighted by Crippen LogP contribution is -2.35. The van der Waals surface area contributed by atoms with Gasteiger partial charge in [0, 0.05) is 0 Å². The van der Waals surface area contributed by atoms with E-state index in [4.69, 9.17) is 0 Å². The third-order valence-electron chi connectivity index (χ3n) is 0.685. The van der Waals surface area contributed by atoms with Gasteiger partial charge in [-0.3, -0.25) is 0 Å². The predicted molar refractivity (Wildman–Crippen MR) is 36.4 cm³/mol. The first-order chi connectivity index (χ1) is 4.31. The summed E-state index contributed by atoms with van der Waals surface area (Å²) in [5.74, 6) is 0. The van der Waals surface area contributed by atoms with Crippen LogP contribution in [0.4, 0.5) is 4.79 Å². The Hall–Kier alpha value is -0.705. The van der Waals surface area contributed by atoms with Crippen LogP contribution < -0.4 is 10.5 Å². The number of amides is 1. The minimum absolute atomic E-state index is 0.383. The third kappa shape index (κ3) is 5.16. The zero-order chi connectivity index (χ0) is 7.11. The molecular formula is C4H11BN2O2. The highest BCUT2D eigenvalue weighted by Gasteiger charge is 1.96. The van der Waals surface area contributed by atoms with Gasteiger partial charge in [0.1, 0.15) is 0 Å². The molecule has 0 radical (unpaired) electrons. The van der Waals surface area contributed by atoms with Crippen molar-refractivity contribution in [1.29, 1.82) is 0 Å². The zero-order valence-corrected chi connectivity index (χ0v) is 5.73. The quantitative estimate of drug-likeness (QED) is 0.492. The molecule has 5 heteroatoms. The summed E-state index contributed by atoms with van der Waals surface area (Å²) in [6, 6.07) is 0. The summed E-state index contributed by atoms with van der Waals surface area (Å²) in [6.07, 6.45) is -0.383. The maximum atomic E-state index is 10.4. The first kappa shape index (κ1) is 8.29. The van der Waals surface area contributed by atoms with Gasteiger partial charge in [-0.25, -0.2) is 4.79 Å². The van der Waals surface area contributed by atoms with E-state index in [1.807, 2.05) is 0 Å². The Bertz CT molecular complexity index is 88.6. The van der Waals surface area contributed by atoms with Gasteiger partial charge in [0.2, 0.25) is 0 Å². The standard InChI is InChI=1S/C4H11BN2O2/c1-3-9-4(8)7-5-6-2/h5-6H,3H2,1-2H3,(H,7,8). The van der Waals surface area contributed by atoms with Crippen LogP contribution in [0.3, 0.4) is 0 Å². The molecule has 1 amide bonds. The molecule has 4 nitrogen and oxygen atoms in total. The van der Waals surface area contributed by atoms with Crippen LogP contribution in [-0.2, 0) is 4.74 Å². The average Bonchev–Trinajstić information content (AvgIpc) is 1.85. The van der Waals surface area contributed by atoms with Crippen LogP contribution in [0, 0.1) is 0 Å². The van der Waals surface area contributed by atoms with E-state index in [1.165, 1.54) is 0 Å². The monoisotopic (exact) mass is 130 g/mol. The molecule has 0 aliphatic carbocycles. The number of hydrogen-bond acceptors (Lipinski definition) is 3. The van der Waals surface area contributed by atoms with Crippen molar-refractivity contribution in [1.82, 2.24) is 10.5 Å². The maximum Gasteiger partial charge on any atom is 0.395 e. The summed E-state index contributed by atoms with van der Waals surface area (Å²) >= 11 is 0. The fourth-order valence-corrected chi connectivity index (χ4v) is 0.343. The summed E-state index contributed by atoms with van der Waals surface area (Å²) in [6.45, 7) is 2.18. The highest BCUT2D eigenvalue weighted by Crippen LogP contribution is 1.71. The molecule has 9 heavy (non-hydrogen) atoms. The summed E-state index contributed by atoms with van der Waals surface area (Å²) in [7, 11) is 2.19. The maximum absolute atomic E-state index is 10.4. The van der Waals surface area contributed by atoms with Gasteiger partial charge >= 0.3 is 13.6 Å². The third-order valence-corrected chi connectivity index (χ3v) is 0.685. The molecule has 0 aliphatic rings. The number of rotatable bonds is 3. The fraction of sp³-hybridized carbons (Fsp3) is 0.750. The molecule has 0 heterocycles. The molecule has 0 aromatic carbocycles. The van der Waals surface area contributed by atoms with E-state index in [2.05, 4.69) is 15.2 Å². The van der Waals surface area contributed by atoms with Crippen molar-refractivity contribution in [2.45, 2.75) is 6.92 Å². The van der Waals surface area contributed by atoms with E-state index in [1.54, 1.807) is 14.0 Å². The Kier molecular flexibility index (Phi) is 5.01. The van der Waals surface area contributed by atoms with Gasteiger partial charge in [-0.15, -0.1) is 0 Å². The van der Waals surface area contributed by atoms with Crippen LogP contribution in [0.5, 0.6) is 0 Å². The second kappa shape index (κ2) is 5.43. The summed E-state index contributed by atoms with van der Waals surface area (Å²) in [5, 5.41) is 5.21. The summed E-state index contributed by atoms with van der Waals surface area (Å²) in [5.41, 5.74) is 0. The molecule has 0 aromatic heterocycles. The number of carbonyl (C=O) groups excluding carboxylic acids is 1. The van der Waals surface area contributed by atoms with Gasteiger partial charge in [0.15, 0.2) is 0 Å². The second-order valence-corrected chi connectivity index (χ2v) is 1.43. The van der Waals surface area contributed by atoms with E-state index in [9.17, 15) is 4.79 Å². The molecule has 0 rings (SSSR count). The number of carbonyl (C=O) groups is 1. The zero-order valence-electron chi connectivity index (χ0n) is 5.73. The normalized spacial score (nSPS) is 8.22. The van der Waals surface area contributed by atoms with E-state index in [-0.39, 0.29) is 6.09 Å². The Morgan fingerprint density at radius 3 is 2.89 bits per heavy atom. The molecule has 0 atom stereocenters. The molecule has 0 spiro atoms. The number of nitrogens with one attached hydrogen (secondary N) is 2. The fourth-order valence-electron chi connectivity index (χ4n) is 0.343. The molecule has 0 aliphatic heterocycles. The van der Waals surface area contributed by atoms with Crippen molar-refractivity contribution in [3.63, 3.8) is 0 Å². The van der Waals surface area contributed by atoms with Gasteiger partial charge < -0.3 is 15.2 Å². The minimum atomic E-state index is -0.383. The first-order valence-electron chi connectivity index (χ1n) is 2.86. The largest absolute Gasteiger partial charge is 0.451 e. The predicted octanol–water partition coefficient (Wildman–Crippen LogP) is -0.782. The van der Waals surface area contributed by atoms with Gasteiger partial charge in [-0.1, -0.05) is 0 Å². The van der Waals surface area contributed by atoms with Crippen molar-refractivity contribution < 1.29 is 9.53 Å². The number of hydrogen-bond donors (Lipinski definition) is 2. The molecule has 2 N–H and O–H groups in total. The highest BCUT2D eigenvalue weighted by molar-refractivity contribution is 6.33. The van der Waals surface area contributed by atoms with Crippen LogP contribution in [0.2, 0.25) is 0 Å². The number of ether oxygens (including phenoxy) is 1. The summed E-state index contributed by atoms with van der Waals surface area (Å²) in [4.78, 5) is 10.4. The molecule has 0 bridgehead atoms. The molecule has 0 aromatic rings. The lowest BCUT2D eigenvalue weighted by molar-refractivity contribution is 0.158. The Labute approximate surface area is 55.2 Å². The van der Waals surface area contributed by atoms with Crippen molar-refractivity contribution in [3.8, 4) is 0 Å². The molecule has 0 saturated carbocycles. The van der Waals surface area contributed by atoms with Gasteiger partial charge in [-0.05, 0) is 14.0 Å². The van der Waals surface area contributed by atoms with E-state index in [0.29, 0.717) is 14.2 Å². The van der Waals surface area contributed by atoms with Crippen molar-refractivity contribution in [2.75, 3.05) is 13.7 Å². The molecular weight excluding hydrogens is 119 g/mol. The van der Waals surface area contributed by atoms with Crippen LogP contribution in [0.15, 0.2) is 0 Å². The van der Waals surface area contributed by atoms with Crippen LogP contribution in [-0.4, -0.2) is 27.3 Å². The van der Waals surface area contributed by atoms with Gasteiger partial charge in [-0.2, -0.15) is 0 Å². The van der Waals surface area contributed by atoms with Crippen LogP contribution >= 0.6 is 0 Å². The molecule has 0 unspecified atom stereocenters. The van der Waals surface area contributed by atoms with E-state index >= 15 is 0 Å². The molecule has 52 valence electrons. The average molecular weight is 130 g/mol. The Balaban J connectivity index is 3.06. The van der Waals surface area contributed by atoms with Crippen LogP contribution in [0.1, 0.15) is 6.92 Å². The lowest BCUT2D eigenvalue weighted by atomic mass is 10.2. The highest BCUT2D eigenvalue weighted by atomic mass is 16.5. The van der Waals surface area contributed by atoms with Gasteiger partial charge in [0.05, 0.1) is 6.61 Å². The van der Waals surface area contributed by atoms with Crippen molar-refractivity contribution >= 4 is 13.6 Å². The van der Waals surface area contributed by atoms with E-state index in [0.717, 1.165) is 0 Å². The molecule has 0 saturated heterocycles. The Morgan fingerprint density at radius 1 is 1.78 bits per heavy atom. The van der Waals surface area contributed by atoms with Crippen molar-refractivity contribution in [3.05, 3.63) is 0 Å². The van der Waals surface area contributed by atoms with E-state index < -0.39 is 0 Å². The Morgan fingerprint density at radius 2 is 2.44 bits per heavy atom. The second-order valence-electron chi connectivity index (χ2n) is 1.43. The topological polar surface area (TPSA) is 50.4 Å². The van der Waals surface area contributed by atoms with Crippen molar-refractivity contribution in [2.24, 2.45) is 0 Å². The summed E-state index contributed by atoms with van der Waals surface area (Å²) < 4.78 is 4.55. The smallest absolute Gasteiger partial charge is 0.395 e. The first-order valence-corrected chi connectivity index (χ1v) is 2.86. The van der Waals surface area contributed by atoms with Gasteiger partial charge in [0.25, 0.3) is 0 Å².